The first-order chi connectivity index (χ1) is 69.9. The smallest absolute Gasteiger partial charge is 0.141 e. The van der Waals surface area contributed by atoms with Gasteiger partial charge in [-0.15, -0.1) is 0 Å². The van der Waals surface area contributed by atoms with E-state index < -0.39 is 0 Å². The van der Waals surface area contributed by atoms with Gasteiger partial charge in [0.15, 0.2) is 0 Å². The lowest BCUT2D eigenvalue weighted by Gasteiger charge is -2.26. The number of phenols is 2. The number of H-pyrrole nitrogens is 8. The third-order valence-electron chi connectivity index (χ3n) is 27.1. The third kappa shape index (κ3) is 16.1. The molecule has 142 heavy (non-hydrogen) atoms. The van der Waals surface area contributed by atoms with Crippen molar-refractivity contribution >= 4 is 218 Å². The molecule has 0 unspecified atom stereocenters. The summed E-state index contributed by atoms with van der Waals surface area (Å²) in [4.78, 5) is 64.9. The number of aromatic amines is 8. The molecule has 1 aliphatic heterocycles. The summed E-state index contributed by atoms with van der Waals surface area (Å²) in [5.41, 5.74) is 25.8. The normalized spacial score (nSPS) is 12.4. The van der Waals surface area contributed by atoms with Crippen LogP contribution in [0.1, 0.15) is 24.8 Å². The van der Waals surface area contributed by atoms with Gasteiger partial charge < -0.3 is 50.1 Å². The highest BCUT2D eigenvalue weighted by atomic mass is 127. The fraction of sp³-hybridized carbons (Fsp3) is 0.0496. The van der Waals surface area contributed by atoms with Gasteiger partial charge in [0.05, 0.1) is 77.8 Å². The van der Waals surface area contributed by atoms with Crippen LogP contribution < -0.4 is 0 Å². The number of hydrogen-bond donors (Lipinski definition) is 10. The minimum Gasteiger partial charge on any atom is -0.508 e. The minimum absolute atomic E-state index is 0.238. The summed E-state index contributed by atoms with van der Waals surface area (Å²) in [6.07, 6.45) is 11.7. The molecule has 0 saturated carbocycles. The average Bonchev–Trinajstić information content (AvgIpc) is 1.55. The zero-order chi connectivity index (χ0) is 95.0. The number of phenolic OH excluding ortho intramolecular Hbond substituents is 2. The number of benzene rings is 18. The topological polar surface area (TPSA) is 260 Å². The van der Waals surface area contributed by atoms with Gasteiger partial charge >= 0.3 is 0 Å². The summed E-state index contributed by atoms with van der Waals surface area (Å²) < 4.78 is 3.30. The molecule has 0 spiro atoms. The van der Waals surface area contributed by atoms with Gasteiger partial charge in [0, 0.05) is 153 Å². The second kappa shape index (κ2) is 36.9. The van der Waals surface area contributed by atoms with E-state index >= 15 is 0 Å². The first-order valence-corrected chi connectivity index (χ1v) is 50.0. The Morgan fingerprint density at radius 2 is 0.697 bits per heavy atom. The van der Waals surface area contributed by atoms with Crippen LogP contribution in [0.4, 0.5) is 0 Å². The number of aromatic nitrogens is 15. The molecule has 1 fully saturated rings. The largest absolute Gasteiger partial charge is 0.508 e. The lowest BCUT2D eigenvalue weighted by molar-refractivity contribution is 0.221. The molecule has 0 amide bonds. The summed E-state index contributed by atoms with van der Waals surface area (Å²) >= 11 is 9.53. The lowest BCUT2D eigenvalue weighted by Crippen LogP contribution is -2.28. The van der Waals surface area contributed by atoms with E-state index in [0.29, 0.717) is 0 Å². The molecular weight excluding hydrogens is 2000 g/mol. The van der Waals surface area contributed by atoms with E-state index in [2.05, 4.69) is 370 Å². The van der Waals surface area contributed by atoms with Gasteiger partial charge in [-0.25, -0.2) is 24.9 Å². The van der Waals surface area contributed by atoms with Gasteiger partial charge in [-0.3, -0.25) is 14.9 Å². The monoisotopic (exact) mass is 2080 g/mol. The summed E-state index contributed by atoms with van der Waals surface area (Å²) in [6.45, 7) is 3.46. The number of hydrogen-bond acceptors (Lipinski definition) is 10. The second-order valence-electron chi connectivity index (χ2n) is 35.8. The van der Waals surface area contributed by atoms with Crippen molar-refractivity contribution < 1.29 is 10.2 Å². The number of imidazole rings is 5. The molecule has 21 heteroatoms. The molecule has 682 valence electrons. The highest BCUT2D eigenvalue weighted by molar-refractivity contribution is 14.1. The Bertz CT molecular complexity index is 9540. The standard InChI is InChI=1S/C29H27BrN4.C27H17N5.C23H14BrN3.C21H13IN2O.C21H14N2O/c30-23-13-14-26-24(17-23)25(18-31-26)29-32-27(21-7-3-1-4-8-21)28(33-29)22-11-9-20(10-12-22)19-34-15-5-2-6-16-34;1-2-8-16(9-3-1)22-21(17-10-4-5-13-20(17)30-22)27-31-25-18-11-6-14-28-23(18)24-19(26(25)32-27)12-7-15-29-24;24-13-9-10-20-18(11-13)19(12-25-20)23-26-21-16-7-3-1-5-14(16)15-6-2-4-8-17(15)22(21)27-23;22-13-8-9-16-15-6-1-2-7-17(15)19-20(18(16)11-13)24-21(23-19)12-4-3-5-14(25)10-12;24-14-7-5-6-13(12-14)21-22-19-17-10-3-1-8-15(17)16-9-2-4-11-18(16)20(19)23-21/h1,3-4,7-14,17-18,31H,2,5-6,15-16,19H2,(H,32,33);1-15,30H,(H,31,32);1-12,25H,(H,26,27);1-11,25H,(H,23,24);1-12,24H,(H,22,23). The Morgan fingerprint density at radius 3 is 1.25 bits per heavy atom. The lowest BCUT2D eigenvalue weighted by atomic mass is 10.0. The SMILES string of the molecule is Brc1ccc2[nH]cc(-c3nc(-c4ccccc4)c(-c4ccc(CN5CCCCC5)cc4)[nH]3)c2c1.Brc1ccc2[nH]cc(-c3nc4c5ccccc5c5ccccc5c4[nH]3)c2c1.Oc1cccc(-c2nc3c4cc(I)ccc4c4ccccc4c3[nH]2)c1.Oc1cccc(-c2nc3c4ccccc4c4ccccc4c3[nH]2)c1.c1ccc(-c2[nH]c3ccccc3c2-c2nc3c4cccnc4c4ncccc4c3[nH]2)cc1. The number of nitrogens with zero attached hydrogens (tertiary/aromatic N) is 8. The van der Waals surface area contributed by atoms with Crippen LogP contribution in [0.3, 0.4) is 0 Å². The molecule has 0 aliphatic carbocycles. The number of pyridine rings is 2. The molecule has 0 bridgehead atoms. The van der Waals surface area contributed by atoms with E-state index in [4.69, 9.17) is 24.9 Å². The van der Waals surface area contributed by atoms with Gasteiger partial charge in [-0.05, 0) is 195 Å². The molecule has 0 atom stereocenters. The predicted octanol–water partition coefficient (Wildman–Crippen LogP) is 32.0. The van der Waals surface area contributed by atoms with E-state index in [9.17, 15) is 10.2 Å². The fourth-order valence-electron chi connectivity index (χ4n) is 20.5. The highest BCUT2D eigenvalue weighted by Crippen LogP contribution is 2.46. The summed E-state index contributed by atoms with van der Waals surface area (Å²) in [7, 11) is 0. The maximum absolute atomic E-state index is 9.79. The van der Waals surface area contributed by atoms with Crippen molar-refractivity contribution in [3.8, 4) is 102 Å². The Balaban J connectivity index is 0.0000000939. The van der Waals surface area contributed by atoms with Gasteiger partial charge in [-0.1, -0.05) is 293 Å². The highest BCUT2D eigenvalue weighted by Gasteiger charge is 2.26. The zero-order valence-electron chi connectivity index (χ0n) is 76.2. The predicted molar refractivity (Wildman–Crippen MR) is 598 cm³/mol. The van der Waals surface area contributed by atoms with Crippen molar-refractivity contribution in [1.29, 1.82) is 0 Å². The summed E-state index contributed by atoms with van der Waals surface area (Å²) in [6, 6.07) is 122. The number of halogens is 3. The van der Waals surface area contributed by atoms with Gasteiger partial charge in [0.1, 0.15) is 40.6 Å². The number of nitrogens with one attached hydrogen (secondary N) is 8. The zero-order valence-corrected chi connectivity index (χ0v) is 81.6. The molecule has 18 nitrogen and oxygen atoms in total. The average molecular weight is 2080 g/mol. The van der Waals surface area contributed by atoms with Gasteiger partial charge in [0.2, 0.25) is 0 Å². The number of fused-ring (bicyclic) bond motifs is 27. The number of para-hydroxylation sites is 1. The molecule has 10 N–H and O–H groups in total. The minimum atomic E-state index is 0.238. The van der Waals surface area contributed by atoms with Crippen LogP contribution >= 0.6 is 54.5 Å². The van der Waals surface area contributed by atoms with Crippen LogP contribution in [0.15, 0.2) is 392 Å². The number of aromatic hydroxyl groups is 2. The maximum Gasteiger partial charge on any atom is 0.141 e. The van der Waals surface area contributed by atoms with Gasteiger partial charge in [-0.2, -0.15) is 0 Å². The molecule has 11 heterocycles. The Kier molecular flexibility index (Phi) is 22.6. The van der Waals surface area contributed by atoms with Crippen molar-refractivity contribution in [3.63, 3.8) is 0 Å². The van der Waals surface area contributed by atoms with Crippen molar-refractivity contribution in [2.24, 2.45) is 0 Å². The Labute approximate surface area is 842 Å². The first-order valence-electron chi connectivity index (χ1n) is 47.3. The molecule has 0 radical (unpaired) electrons. The van der Waals surface area contributed by atoms with Gasteiger partial charge in [0.25, 0.3) is 0 Å². The van der Waals surface area contributed by atoms with Crippen LogP contribution in [-0.2, 0) is 6.54 Å². The van der Waals surface area contributed by atoms with E-state index in [-0.39, 0.29) is 11.5 Å². The van der Waals surface area contributed by atoms with Crippen LogP contribution in [0, 0.1) is 3.57 Å². The van der Waals surface area contributed by atoms with Crippen LogP contribution in [0.2, 0.25) is 0 Å². The third-order valence-corrected chi connectivity index (χ3v) is 28.8. The van der Waals surface area contributed by atoms with Crippen LogP contribution in [0.25, 0.3) is 254 Å². The fourth-order valence-corrected chi connectivity index (χ4v) is 21.7. The van der Waals surface area contributed by atoms with Crippen LogP contribution in [0.5, 0.6) is 11.5 Å². The van der Waals surface area contributed by atoms with Crippen molar-refractivity contribution in [2.75, 3.05) is 13.1 Å². The summed E-state index contributed by atoms with van der Waals surface area (Å²) in [5, 5.41) is 39.3. The Morgan fingerprint density at radius 1 is 0.282 bits per heavy atom. The first kappa shape index (κ1) is 86.9. The summed E-state index contributed by atoms with van der Waals surface area (Å²) in [5.74, 6) is 4.60. The molecule has 10 aromatic heterocycles. The maximum atomic E-state index is 9.79. The molecule has 18 aromatic carbocycles. The second-order valence-corrected chi connectivity index (χ2v) is 38.9. The number of likely N-dealkylation sites (tertiary alicyclic amines) is 1. The van der Waals surface area contributed by atoms with Crippen molar-refractivity contribution in [1.82, 2.24) is 79.7 Å². The quantitative estimate of drug-likeness (QED) is 0.0457. The molecule has 29 rings (SSSR count). The van der Waals surface area contributed by atoms with Crippen molar-refractivity contribution in [2.45, 2.75) is 25.8 Å². The van der Waals surface area contributed by atoms with Crippen molar-refractivity contribution in [3.05, 3.63) is 401 Å². The van der Waals surface area contributed by atoms with E-state index in [0.717, 1.165) is 226 Å². The van der Waals surface area contributed by atoms with E-state index in [1.54, 1.807) is 24.3 Å². The van der Waals surface area contributed by atoms with E-state index in [1.807, 2.05) is 97.6 Å². The number of piperidine rings is 1. The molecule has 1 aliphatic rings. The molecular formula is C121H85Br2IN16O2. The Hall–Kier alpha value is -16.7. The van der Waals surface area contributed by atoms with E-state index in [1.165, 1.54) is 84.6 Å². The van der Waals surface area contributed by atoms with Crippen LogP contribution in [-0.4, -0.2) is 103 Å². The number of rotatable bonds is 10. The molecule has 28 aromatic rings. The molecule has 1 saturated heterocycles.